The monoisotopic (exact) mass is 316 g/mol. The third kappa shape index (κ3) is 4.11. The first-order valence-electron chi connectivity index (χ1n) is 6.87. The van der Waals surface area contributed by atoms with E-state index in [1.165, 1.54) is 6.42 Å². The highest BCUT2D eigenvalue weighted by atomic mass is 35.5. The van der Waals surface area contributed by atoms with E-state index in [-0.39, 0.29) is 18.3 Å². The molecule has 1 unspecified atom stereocenters. The first-order chi connectivity index (χ1) is 9.11. The molecule has 1 atom stereocenters. The van der Waals surface area contributed by atoms with Crippen molar-refractivity contribution in [2.45, 2.75) is 26.2 Å². The smallest absolute Gasteiger partial charge is 0.254 e. The van der Waals surface area contributed by atoms with E-state index in [4.69, 9.17) is 17.3 Å². The summed E-state index contributed by atoms with van der Waals surface area (Å²) >= 11 is 5.93. The Morgan fingerprint density at radius 3 is 2.90 bits per heavy atom. The van der Waals surface area contributed by atoms with Crippen molar-refractivity contribution in [1.82, 2.24) is 4.90 Å². The molecule has 0 saturated carbocycles. The van der Waals surface area contributed by atoms with Crippen LogP contribution in [0.25, 0.3) is 0 Å². The van der Waals surface area contributed by atoms with Gasteiger partial charge in [0.05, 0.1) is 0 Å². The summed E-state index contributed by atoms with van der Waals surface area (Å²) in [6, 6.07) is 5.45. The van der Waals surface area contributed by atoms with Crippen molar-refractivity contribution in [3.63, 3.8) is 0 Å². The summed E-state index contributed by atoms with van der Waals surface area (Å²) in [5.41, 5.74) is 7.32. The van der Waals surface area contributed by atoms with Crippen LogP contribution < -0.4 is 5.73 Å². The van der Waals surface area contributed by atoms with Gasteiger partial charge in [-0.2, -0.15) is 0 Å². The van der Waals surface area contributed by atoms with Crippen molar-refractivity contribution in [3.05, 3.63) is 34.3 Å². The van der Waals surface area contributed by atoms with Crippen LogP contribution in [0.15, 0.2) is 18.2 Å². The van der Waals surface area contributed by atoms with Crippen molar-refractivity contribution in [2.24, 2.45) is 11.7 Å². The average Bonchev–Trinajstić information content (AvgIpc) is 2.39. The van der Waals surface area contributed by atoms with Crippen molar-refractivity contribution >= 4 is 29.9 Å². The Balaban J connectivity index is 0.00000200. The van der Waals surface area contributed by atoms with Crippen LogP contribution in [0.4, 0.5) is 0 Å². The van der Waals surface area contributed by atoms with Gasteiger partial charge in [0.1, 0.15) is 0 Å². The number of aryl methyl sites for hydroxylation is 1. The van der Waals surface area contributed by atoms with Crippen LogP contribution in [0.3, 0.4) is 0 Å². The van der Waals surface area contributed by atoms with Gasteiger partial charge in [-0.15, -0.1) is 12.4 Å². The van der Waals surface area contributed by atoms with Crippen LogP contribution >= 0.6 is 24.0 Å². The summed E-state index contributed by atoms with van der Waals surface area (Å²) in [5.74, 6) is 0.672. The zero-order valence-corrected chi connectivity index (χ0v) is 13.3. The summed E-state index contributed by atoms with van der Waals surface area (Å²) in [4.78, 5) is 14.5. The number of hydrogen-bond acceptors (Lipinski definition) is 2. The van der Waals surface area contributed by atoms with E-state index in [0.717, 1.165) is 37.1 Å². The molecule has 1 aromatic rings. The number of carbonyl (C=O) groups excluding carboxylic acids is 1. The number of piperidine rings is 1. The Bertz CT molecular complexity index is 463. The lowest BCUT2D eigenvalue weighted by Crippen LogP contribution is -2.40. The van der Waals surface area contributed by atoms with Gasteiger partial charge in [-0.1, -0.05) is 11.6 Å². The van der Waals surface area contributed by atoms with E-state index < -0.39 is 0 Å². The van der Waals surface area contributed by atoms with E-state index in [1.807, 2.05) is 24.0 Å². The normalized spacial score (nSPS) is 18.6. The second-order valence-electron chi connectivity index (χ2n) is 5.30. The SMILES string of the molecule is Cc1cc(Cl)ccc1C(=O)N1CCCC(CCN)C1.Cl. The Morgan fingerprint density at radius 2 is 2.25 bits per heavy atom. The molecule has 0 radical (unpaired) electrons. The van der Waals surface area contributed by atoms with Crippen LogP contribution in [0.2, 0.25) is 5.02 Å². The van der Waals surface area contributed by atoms with Crippen LogP contribution in [0.1, 0.15) is 35.2 Å². The van der Waals surface area contributed by atoms with Gasteiger partial charge in [-0.3, -0.25) is 4.79 Å². The van der Waals surface area contributed by atoms with Crippen LogP contribution in [0.5, 0.6) is 0 Å². The molecule has 2 rings (SSSR count). The summed E-state index contributed by atoms with van der Waals surface area (Å²) in [7, 11) is 0. The second kappa shape index (κ2) is 7.87. The number of carbonyl (C=O) groups is 1. The predicted molar refractivity (Wildman–Crippen MR) is 85.7 cm³/mol. The van der Waals surface area contributed by atoms with Gasteiger partial charge in [0.2, 0.25) is 0 Å². The van der Waals surface area contributed by atoms with Crippen molar-refractivity contribution in [3.8, 4) is 0 Å². The highest BCUT2D eigenvalue weighted by Crippen LogP contribution is 2.23. The van der Waals surface area contributed by atoms with Crippen molar-refractivity contribution in [2.75, 3.05) is 19.6 Å². The number of nitrogens with two attached hydrogens (primary N) is 1. The van der Waals surface area contributed by atoms with Gasteiger partial charge in [0, 0.05) is 23.7 Å². The molecular weight excluding hydrogens is 295 g/mol. The Labute approximate surface area is 131 Å². The number of nitrogens with zero attached hydrogens (tertiary/aromatic N) is 1. The average molecular weight is 317 g/mol. The molecule has 2 N–H and O–H groups in total. The maximum absolute atomic E-state index is 12.5. The zero-order valence-electron chi connectivity index (χ0n) is 11.8. The molecule has 0 aromatic heterocycles. The first kappa shape index (κ1) is 17.3. The summed E-state index contributed by atoms with van der Waals surface area (Å²) in [6.45, 7) is 4.31. The Morgan fingerprint density at radius 1 is 1.50 bits per heavy atom. The highest BCUT2D eigenvalue weighted by molar-refractivity contribution is 6.30. The number of rotatable bonds is 3. The van der Waals surface area contributed by atoms with E-state index in [2.05, 4.69) is 0 Å². The molecule has 0 aliphatic carbocycles. The number of hydrogen-bond donors (Lipinski definition) is 1. The summed E-state index contributed by atoms with van der Waals surface area (Å²) < 4.78 is 0. The molecule has 5 heteroatoms. The standard InChI is InChI=1S/C15H21ClN2O.ClH/c1-11-9-13(16)4-5-14(11)15(19)18-8-2-3-12(10-18)6-7-17;/h4-5,9,12H,2-3,6-8,10,17H2,1H3;1H. The van der Waals surface area contributed by atoms with E-state index in [1.54, 1.807) is 6.07 Å². The lowest BCUT2D eigenvalue weighted by molar-refractivity contribution is 0.0669. The van der Waals surface area contributed by atoms with Gasteiger partial charge in [-0.05, 0) is 62.4 Å². The highest BCUT2D eigenvalue weighted by Gasteiger charge is 2.24. The minimum atomic E-state index is 0. The molecule has 0 spiro atoms. The van der Waals surface area contributed by atoms with Crippen LogP contribution in [0, 0.1) is 12.8 Å². The molecule has 20 heavy (non-hydrogen) atoms. The molecule has 1 fully saturated rings. The minimum absolute atomic E-state index is 0. The fourth-order valence-electron chi connectivity index (χ4n) is 2.76. The number of benzene rings is 1. The van der Waals surface area contributed by atoms with Gasteiger partial charge >= 0.3 is 0 Å². The van der Waals surface area contributed by atoms with Crippen molar-refractivity contribution in [1.29, 1.82) is 0 Å². The van der Waals surface area contributed by atoms with Gasteiger partial charge < -0.3 is 10.6 Å². The molecule has 0 bridgehead atoms. The lowest BCUT2D eigenvalue weighted by atomic mass is 9.94. The zero-order chi connectivity index (χ0) is 13.8. The minimum Gasteiger partial charge on any atom is -0.338 e. The largest absolute Gasteiger partial charge is 0.338 e. The molecule has 3 nitrogen and oxygen atoms in total. The van der Waals surface area contributed by atoms with Gasteiger partial charge in [-0.25, -0.2) is 0 Å². The maximum atomic E-state index is 12.5. The third-order valence-electron chi connectivity index (χ3n) is 3.80. The molecule has 1 aliphatic heterocycles. The van der Waals surface area contributed by atoms with Crippen LogP contribution in [-0.4, -0.2) is 30.4 Å². The summed E-state index contributed by atoms with van der Waals surface area (Å²) in [6.07, 6.45) is 3.26. The fourth-order valence-corrected chi connectivity index (χ4v) is 2.98. The summed E-state index contributed by atoms with van der Waals surface area (Å²) in [5, 5.41) is 0.675. The number of likely N-dealkylation sites (tertiary alicyclic amines) is 1. The molecule has 1 aromatic carbocycles. The fraction of sp³-hybridized carbons (Fsp3) is 0.533. The quantitative estimate of drug-likeness (QED) is 0.930. The van der Waals surface area contributed by atoms with E-state index in [9.17, 15) is 4.79 Å². The number of halogens is 2. The molecular formula is C15H22Cl2N2O. The Hall–Kier alpha value is -0.770. The lowest BCUT2D eigenvalue weighted by Gasteiger charge is -2.33. The molecule has 1 aliphatic rings. The van der Waals surface area contributed by atoms with E-state index >= 15 is 0 Å². The topological polar surface area (TPSA) is 46.3 Å². The van der Waals surface area contributed by atoms with Crippen LogP contribution in [-0.2, 0) is 0 Å². The molecule has 1 amide bonds. The predicted octanol–water partition coefficient (Wildman–Crippen LogP) is 3.27. The van der Waals surface area contributed by atoms with Gasteiger partial charge in [0.15, 0.2) is 0 Å². The Kier molecular flexibility index (Phi) is 6.80. The van der Waals surface area contributed by atoms with Gasteiger partial charge in [0.25, 0.3) is 5.91 Å². The van der Waals surface area contributed by atoms with E-state index in [0.29, 0.717) is 17.5 Å². The first-order valence-corrected chi connectivity index (χ1v) is 7.25. The molecule has 112 valence electrons. The molecule has 1 saturated heterocycles. The third-order valence-corrected chi connectivity index (χ3v) is 4.04. The molecule has 1 heterocycles. The maximum Gasteiger partial charge on any atom is 0.254 e. The van der Waals surface area contributed by atoms with Crippen molar-refractivity contribution < 1.29 is 4.79 Å². The second-order valence-corrected chi connectivity index (χ2v) is 5.73. The number of amides is 1.